The van der Waals surface area contributed by atoms with Crippen molar-refractivity contribution in [2.24, 2.45) is 0 Å². The van der Waals surface area contributed by atoms with E-state index in [9.17, 15) is 9.18 Å². The van der Waals surface area contributed by atoms with Crippen LogP contribution in [0.1, 0.15) is 10.5 Å². The predicted octanol–water partition coefficient (Wildman–Crippen LogP) is 1.70. The van der Waals surface area contributed by atoms with Gasteiger partial charge in [0.1, 0.15) is 11.5 Å². The highest BCUT2D eigenvalue weighted by atomic mass is 19.1. The summed E-state index contributed by atoms with van der Waals surface area (Å²) in [4.78, 5) is 22.6. The van der Waals surface area contributed by atoms with Crippen LogP contribution in [-0.4, -0.2) is 42.2 Å². The lowest BCUT2D eigenvalue weighted by Crippen LogP contribution is -2.37. The van der Waals surface area contributed by atoms with Crippen LogP contribution in [0.3, 0.4) is 0 Å². The number of ether oxygens (including phenoxy) is 1. The molecule has 0 spiro atoms. The average molecular weight is 302 g/mol. The van der Waals surface area contributed by atoms with Crippen molar-refractivity contribution in [1.82, 2.24) is 9.97 Å². The number of aromatic nitrogens is 2. The van der Waals surface area contributed by atoms with E-state index in [1.54, 1.807) is 6.07 Å². The average Bonchev–Trinajstić information content (AvgIpc) is 2.56. The molecule has 1 aliphatic rings. The van der Waals surface area contributed by atoms with Crippen LogP contribution in [-0.2, 0) is 4.74 Å². The van der Waals surface area contributed by atoms with Gasteiger partial charge in [-0.05, 0) is 24.3 Å². The van der Waals surface area contributed by atoms with E-state index >= 15 is 0 Å². The van der Waals surface area contributed by atoms with Gasteiger partial charge in [-0.3, -0.25) is 4.79 Å². The molecule has 0 bridgehead atoms. The van der Waals surface area contributed by atoms with Gasteiger partial charge in [-0.2, -0.15) is 0 Å². The highest BCUT2D eigenvalue weighted by Gasteiger charge is 2.16. The summed E-state index contributed by atoms with van der Waals surface area (Å²) in [5, 5.41) is 2.62. The van der Waals surface area contributed by atoms with Crippen molar-refractivity contribution >= 4 is 17.5 Å². The van der Waals surface area contributed by atoms with E-state index in [0.29, 0.717) is 37.9 Å². The van der Waals surface area contributed by atoms with Crippen LogP contribution in [0.4, 0.5) is 16.0 Å². The summed E-state index contributed by atoms with van der Waals surface area (Å²) in [5.74, 6) is -0.313. The van der Waals surface area contributed by atoms with Crippen molar-refractivity contribution in [2.45, 2.75) is 0 Å². The number of nitrogens with zero attached hydrogens (tertiary/aromatic N) is 3. The van der Waals surface area contributed by atoms with Gasteiger partial charge in [0, 0.05) is 25.0 Å². The second kappa shape index (κ2) is 6.48. The Balaban J connectivity index is 1.75. The van der Waals surface area contributed by atoms with Crippen molar-refractivity contribution < 1.29 is 13.9 Å². The zero-order valence-corrected chi connectivity index (χ0v) is 11.8. The topological polar surface area (TPSA) is 67.4 Å². The van der Waals surface area contributed by atoms with Gasteiger partial charge >= 0.3 is 0 Å². The third-order valence-electron chi connectivity index (χ3n) is 3.25. The van der Waals surface area contributed by atoms with Crippen molar-refractivity contribution in [3.05, 3.63) is 48.0 Å². The predicted molar refractivity (Wildman–Crippen MR) is 79.4 cm³/mol. The molecule has 7 heteroatoms. The first-order valence-corrected chi connectivity index (χ1v) is 6.95. The lowest BCUT2D eigenvalue weighted by molar-refractivity contribution is 0.102. The molecule has 0 atom stereocenters. The summed E-state index contributed by atoms with van der Waals surface area (Å²) in [6.07, 6.45) is 1.54. The summed E-state index contributed by atoms with van der Waals surface area (Å²) >= 11 is 0. The first-order valence-electron chi connectivity index (χ1n) is 6.95. The van der Waals surface area contributed by atoms with Gasteiger partial charge in [-0.25, -0.2) is 14.4 Å². The zero-order valence-electron chi connectivity index (χ0n) is 11.8. The Morgan fingerprint density at radius 2 is 2.09 bits per heavy atom. The van der Waals surface area contributed by atoms with Crippen LogP contribution in [0.2, 0.25) is 0 Å². The second-order valence-electron chi connectivity index (χ2n) is 4.81. The van der Waals surface area contributed by atoms with E-state index in [-0.39, 0.29) is 5.69 Å². The summed E-state index contributed by atoms with van der Waals surface area (Å²) in [5.41, 5.74) is 0.622. The number of hydrogen-bond acceptors (Lipinski definition) is 5. The van der Waals surface area contributed by atoms with Crippen LogP contribution in [0.25, 0.3) is 0 Å². The molecule has 0 saturated carbocycles. The van der Waals surface area contributed by atoms with Crippen LogP contribution in [0.5, 0.6) is 0 Å². The van der Waals surface area contributed by atoms with Crippen LogP contribution in [0, 0.1) is 5.82 Å². The molecule has 1 N–H and O–H groups in total. The third kappa shape index (κ3) is 3.37. The number of carbonyl (C=O) groups excluding carboxylic acids is 1. The smallest absolute Gasteiger partial charge is 0.274 e. The highest BCUT2D eigenvalue weighted by Crippen LogP contribution is 2.13. The maximum atomic E-state index is 13.1. The largest absolute Gasteiger partial charge is 0.378 e. The summed E-state index contributed by atoms with van der Waals surface area (Å²) in [6.45, 7) is 2.61. The Hall–Kier alpha value is -2.54. The second-order valence-corrected chi connectivity index (χ2v) is 4.81. The molecular formula is C15H15FN4O2. The molecule has 1 amide bonds. The van der Waals surface area contributed by atoms with Gasteiger partial charge in [0.15, 0.2) is 0 Å². The molecular weight excluding hydrogens is 287 g/mol. The number of halogens is 1. The molecule has 6 nitrogen and oxygen atoms in total. The molecule has 3 rings (SSSR count). The maximum Gasteiger partial charge on any atom is 0.274 e. The van der Waals surface area contributed by atoms with E-state index < -0.39 is 11.7 Å². The number of rotatable bonds is 3. The molecule has 0 unspecified atom stereocenters. The lowest BCUT2D eigenvalue weighted by Gasteiger charge is -2.26. The van der Waals surface area contributed by atoms with Crippen molar-refractivity contribution in [3.8, 4) is 0 Å². The standard InChI is InChI=1S/C15H15FN4O2/c16-11-2-1-3-12(10-11)18-14(21)13-4-5-17-15(19-13)20-6-8-22-9-7-20/h1-5,10H,6-9H2,(H,18,21). The minimum absolute atomic E-state index is 0.237. The fourth-order valence-electron chi connectivity index (χ4n) is 2.15. The number of benzene rings is 1. The Morgan fingerprint density at radius 1 is 1.27 bits per heavy atom. The fourth-order valence-corrected chi connectivity index (χ4v) is 2.15. The van der Waals surface area contributed by atoms with E-state index in [1.807, 2.05) is 4.90 Å². The van der Waals surface area contributed by atoms with Gasteiger partial charge in [0.25, 0.3) is 5.91 Å². The Labute approximate surface area is 126 Å². The molecule has 1 fully saturated rings. The van der Waals surface area contributed by atoms with Crippen molar-refractivity contribution in [2.75, 3.05) is 36.5 Å². The molecule has 2 heterocycles. The number of hydrogen-bond donors (Lipinski definition) is 1. The number of amides is 1. The Morgan fingerprint density at radius 3 is 2.86 bits per heavy atom. The van der Waals surface area contributed by atoms with Gasteiger partial charge < -0.3 is 15.0 Å². The molecule has 2 aromatic rings. The van der Waals surface area contributed by atoms with Gasteiger partial charge in [-0.15, -0.1) is 0 Å². The minimum atomic E-state index is -0.408. The molecule has 1 aromatic carbocycles. The van der Waals surface area contributed by atoms with Gasteiger partial charge in [-0.1, -0.05) is 6.07 Å². The number of anilines is 2. The lowest BCUT2D eigenvalue weighted by atomic mass is 10.3. The first kappa shape index (κ1) is 14.4. The first-order chi connectivity index (χ1) is 10.7. The molecule has 114 valence electrons. The SMILES string of the molecule is O=C(Nc1cccc(F)c1)c1ccnc(N2CCOCC2)n1. The number of carbonyl (C=O) groups is 1. The van der Waals surface area contributed by atoms with E-state index in [2.05, 4.69) is 15.3 Å². The van der Waals surface area contributed by atoms with E-state index in [4.69, 9.17) is 4.74 Å². The van der Waals surface area contributed by atoms with Gasteiger partial charge in [0.2, 0.25) is 5.95 Å². The van der Waals surface area contributed by atoms with Crippen LogP contribution in [0.15, 0.2) is 36.5 Å². The summed E-state index contributed by atoms with van der Waals surface area (Å²) in [6, 6.07) is 7.24. The molecule has 22 heavy (non-hydrogen) atoms. The number of morpholine rings is 1. The Bertz CT molecular complexity index is 674. The fraction of sp³-hybridized carbons (Fsp3) is 0.267. The molecule has 1 saturated heterocycles. The summed E-state index contributed by atoms with van der Waals surface area (Å²) < 4.78 is 18.4. The van der Waals surface area contributed by atoms with Crippen molar-refractivity contribution in [1.29, 1.82) is 0 Å². The molecule has 1 aliphatic heterocycles. The highest BCUT2D eigenvalue weighted by molar-refractivity contribution is 6.02. The zero-order chi connectivity index (χ0) is 15.4. The Kier molecular flexibility index (Phi) is 4.24. The maximum absolute atomic E-state index is 13.1. The summed E-state index contributed by atoms with van der Waals surface area (Å²) in [7, 11) is 0. The third-order valence-corrected chi connectivity index (χ3v) is 3.25. The van der Waals surface area contributed by atoms with Crippen LogP contribution >= 0.6 is 0 Å². The van der Waals surface area contributed by atoms with Crippen LogP contribution < -0.4 is 10.2 Å². The number of nitrogens with one attached hydrogen (secondary N) is 1. The molecule has 0 radical (unpaired) electrons. The van der Waals surface area contributed by atoms with Crippen molar-refractivity contribution in [3.63, 3.8) is 0 Å². The monoisotopic (exact) mass is 302 g/mol. The molecule has 1 aromatic heterocycles. The van der Waals surface area contributed by atoms with E-state index in [1.165, 1.54) is 30.5 Å². The normalized spacial score (nSPS) is 14.7. The van der Waals surface area contributed by atoms with E-state index in [0.717, 1.165) is 0 Å². The van der Waals surface area contributed by atoms with Gasteiger partial charge in [0.05, 0.1) is 13.2 Å². The quantitative estimate of drug-likeness (QED) is 0.935. The molecule has 0 aliphatic carbocycles. The minimum Gasteiger partial charge on any atom is -0.378 e.